The fraction of sp³-hybridized carbons (Fsp3) is 0.407. The molecule has 4 aromatic rings. The van der Waals surface area contributed by atoms with E-state index in [2.05, 4.69) is 20.6 Å². The molecule has 3 atom stereocenters. The highest BCUT2D eigenvalue weighted by Gasteiger charge is 2.74. The Kier molecular flexibility index (Phi) is 6.68. The summed E-state index contributed by atoms with van der Waals surface area (Å²) in [6.45, 7) is 2.39. The van der Waals surface area contributed by atoms with Gasteiger partial charge in [-0.05, 0) is 60.4 Å². The minimum Gasteiger partial charge on any atom is -0.354 e. The van der Waals surface area contributed by atoms with Crippen LogP contribution in [0.2, 0.25) is 0 Å². The normalized spacial score (nSPS) is 22.4. The van der Waals surface area contributed by atoms with Gasteiger partial charge in [0.1, 0.15) is 5.82 Å². The number of carbonyl (C=O) groups excluding carboxylic acids is 1. The summed E-state index contributed by atoms with van der Waals surface area (Å²) in [4.78, 5) is 14.7. The van der Waals surface area contributed by atoms with Gasteiger partial charge in [0, 0.05) is 45.2 Å². The summed E-state index contributed by atoms with van der Waals surface area (Å²) in [6, 6.07) is 10.0. The highest BCUT2D eigenvalue weighted by molar-refractivity contribution is 7.89. The lowest BCUT2D eigenvalue weighted by atomic mass is 9.88. The van der Waals surface area contributed by atoms with E-state index < -0.39 is 27.6 Å². The average molecular weight is 584 g/mol. The Bertz CT molecular complexity index is 1730. The Morgan fingerprint density at radius 2 is 1.90 bits per heavy atom. The average Bonchev–Trinajstić information content (AvgIpc) is 3.37. The third-order valence-electron chi connectivity index (χ3n) is 8.27. The van der Waals surface area contributed by atoms with Gasteiger partial charge < -0.3 is 14.8 Å². The molecule has 1 saturated heterocycles. The molecule has 2 aromatic heterocycles. The van der Waals surface area contributed by atoms with Gasteiger partial charge in [0.2, 0.25) is 10.9 Å². The number of carbonyl (C=O) groups is 1. The predicted molar refractivity (Wildman–Crippen MR) is 145 cm³/mol. The van der Waals surface area contributed by atoms with Crippen LogP contribution in [0.25, 0.3) is 16.6 Å². The fourth-order valence-electron chi connectivity index (χ4n) is 6.23. The first-order valence-electron chi connectivity index (χ1n) is 13.0. The highest BCUT2D eigenvalue weighted by Crippen LogP contribution is 2.65. The second-order valence-corrected chi connectivity index (χ2v) is 12.4. The topological polar surface area (TPSA) is 133 Å². The third-order valence-corrected chi connectivity index (χ3v) is 9.94. The number of ether oxygens (including phenoxy) is 2. The standard InChI is InChI=1S/C27H30FN7O5S/c1-16-9-22-17(11-31-35(22)19-7-5-18(28)6-8-19)10-20(16)27-15-34(41(37,38)23-12-30-33(2)32-23)14-21(27)25(27)26(36)29-13-24(39-3)40-4/h5-12,21,24-25H,13-15H2,1-4H3,(H,29,36). The number of methoxy groups -OCH3 is 2. The van der Waals surface area contributed by atoms with Crippen LogP contribution in [0.1, 0.15) is 11.1 Å². The van der Waals surface area contributed by atoms with Crippen molar-refractivity contribution in [2.75, 3.05) is 33.9 Å². The second kappa shape index (κ2) is 9.98. The molecule has 0 bridgehead atoms. The van der Waals surface area contributed by atoms with E-state index in [0.717, 1.165) is 22.0 Å². The van der Waals surface area contributed by atoms with Gasteiger partial charge in [-0.1, -0.05) is 0 Å². The maximum absolute atomic E-state index is 13.5. The van der Waals surface area contributed by atoms with Crippen LogP contribution in [0.5, 0.6) is 0 Å². The summed E-state index contributed by atoms with van der Waals surface area (Å²) >= 11 is 0. The van der Waals surface area contributed by atoms with E-state index in [1.54, 1.807) is 30.1 Å². The number of nitrogens with one attached hydrogen (secondary N) is 1. The van der Waals surface area contributed by atoms with Gasteiger partial charge >= 0.3 is 0 Å². The van der Waals surface area contributed by atoms with Crippen LogP contribution in [0.3, 0.4) is 0 Å². The quantitative estimate of drug-likeness (QED) is 0.293. The molecule has 2 aromatic carbocycles. The highest BCUT2D eigenvalue weighted by atomic mass is 32.2. The van der Waals surface area contributed by atoms with E-state index in [-0.39, 0.29) is 42.3 Å². The Morgan fingerprint density at radius 1 is 1.17 bits per heavy atom. The second-order valence-electron chi connectivity index (χ2n) is 10.5. The van der Waals surface area contributed by atoms with Gasteiger partial charge in [-0.15, -0.1) is 5.10 Å². The van der Waals surface area contributed by atoms with Crippen LogP contribution < -0.4 is 5.32 Å². The number of halogens is 1. The lowest BCUT2D eigenvalue weighted by Gasteiger charge is -2.24. The van der Waals surface area contributed by atoms with Gasteiger partial charge in [-0.25, -0.2) is 17.5 Å². The summed E-state index contributed by atoms with van der Waals surface area (Å²) in [5.74, 6) is -1.22. The molecule has 6 rings (SSSR count). The first kappa shape index (κ1) is 27.4. The van der Waals surface area contributed by atoms with E-state index in [0.29, 0.717) is 5.69 Å². The number of hydrogen-bond acceptors (Lipinski definition) is 8. The van der Waals surface area contributed by atoms with E-state index in [4.69, 9.17) is 9.47 Å². The Morgan fingerprint density at radius 3 is 2.56 bits per heavy atom. The molecular weight excluding hydrogens is 553 g/mol. The molecule has 3 unspecified atom stereocenters. The lowest BCUT2D eigenvalue weighted by molar-refractivity contribution is -0.129. The van der Waals surface area contributed by atoms with Crippen molar-refractivity contribution < 1.29 is 27.1 Å². The largest absolute Gasteiger partial charge is 0.354 e. The molecule has 41 heavy (non-hydrogen) atoms. The van der Waals surface area contributed by atoms with E-state index in [9.17, 15) is 17.6 Å². The maximum Gasteiger partial charge on any atom is 0.264 e. The maximum atomic E-state index is 13.5. The third kappa shape index (κ3) is 4.41. The zero-order chi connectivity index (χ0) is 29.1. The van der Waals surface area contributed by atoms with Crippen molar-refractivity contribution in [2.45, 2.75) is 23.7 Å². The van der Waals surface area contributed by atoms with Gasteiger partial charge in [0.05, 0.1) is 36.1 Å². The number of aryl methyl sites for hydroxylation is 2. The Labute approximate surface area is 236 Å². The molecule has 12 nitrogen and oxygen atoms in total. The number of hydrogen-bond donors (Lipinski definition) is 1. The first-order valence-corrected chi connectivity index (χ1v) is 14.5. The van der Waals surface area contributed by atoms with E-state index >= 15 is 0 Å². The molecule has 1 aliphatic carbocycles. The number of benzene rings is 2. The number of fused-ring (bicyclic) bond motifs is 2. The van der Waals surface area contributed by atoms with Crippen molar-refractivity contribution in [1.29, 1.82) is 0 Å². The molecule has 0 spiro atoms. The molecule has 1 saturated carbocycles. The number of piperidine rings is 1. The molecule has 1 N–H and O–H groups in total. The molecule has 0 radical (unpaired) electrons. The molecule has 14 heteroatoms. The lowest BCUT2D eigenvalue weighted by Crippen LogP contribution is -2.41. The van der Waals surface area contributed by atoms with Gasteiger partial charge in [0.15, 0.2) is 6.29 Å². The minimum absolute atomic E-state index is 0.116. The molecule has 2 fully saturated rings. The number of amides is 1. The van der Waals surface area contributed by atoms with Crippen molar-refractivity contribution in [3.05, 3.63) is 65.7 Å². The first-order chi connectivity index (χ1) is 19.6. The fourth-order valence-corrected chi connectivity index (χ4v) is 7.64. The van der Waals surface area contributed by atoms with Crippen molar-refractivity contribution in [3.63, 3.8) is 0 Å². The summed E-state index contributed by atoms with van der Waals surface area (Å²) in [6.07, 6.45) is 2.35. The summed E-state index contributed by atoms with van der Waals surface area (Å²) in [5, 5.41) is 16.1. The van der Waals surface area contributed by atoms with Crippen LogP contribution in [-0.4, -0.2) is 83.5 Å². The van der Waals surface area contributed by atoms with Crippen LogP contribution >= 0.6 is 0 Å². The number of rotatable bonds is 9. The molecule has 1 amide bonds. The van der Waals surface area contributed by atoms with Gasteiger partial charge in [-0.3, -0.25) is 4.79 Å². The Balaban J connectivity index is 1.38. The summed E-state index contributed by atoms with van der Waals surface area (Å²) in [5.41, 5.74) is 2.57. The SMILES string of the molecule is COC(CNC(=O)C1C2CN(S(=O)(=O)c3cnn(C)n3)CC21c1cc2cnn(-c3ccc(F)cc3)c2cc1C)OC. The monoisotopic (exact) mass is 583 g/mol. The zero-order valence-corrected chi connectivity index (χ0v) is 23.8. The van der Waals surface area contributed by atoms with Crippen molar-refractivity contribution in [1.82, 2.24) is 34.4 Å². The molecule has 216 valence electrons. The van der Waals surface area contributed by atoms with E-state index in [1.165, 1.54) is 41.7 Å². The molecular formula is C27H30FN7O5S. The van der Waals surface area contributed by atoms with Gasteiger partial charge in [0.25, 0.3) is 10.0 Å². The minimum atomic E-state index is -3.92. The molecule has 2 aliphatic rings. The van der Waals surface area contributed by atoms with Crippen LogP contribution in [0, 0.1) is 24.6 Å². The molecule has 1 aliphatic heterocycles. The van der Waals surface area contributed by atoms with Crippen molar-refractivity contribution in [3.8, 4) is 5.69 Å². The summed E-state index contributed by atoms with van der Waals surface area (Å²) in [7, 11) is 0.623. The number of aromatic nitrogens is 5. The summed E-state index contributed by atoms with van der Waals surface area (Å²) < 4.78 is 54.0. The van der Waals surface area contributed by atoms with Crippen molar-refractivity contribution in [2.24, 2.45) is 18.9 Å². The van der Waals surface area contributed by atoms with Crippen LogP contribution in [0.4, 0.5) is 4.39 Å². The van der Waals surface area contributed by atoms with Crippen LogP contribution in [0.15, 0.2) is 53.8 Å². The van der Waals surface area contributed by atoms with Crippen molar-refractivity contribution >= 4 is 26.8 Å². The molecule has 3 heterocycles. The zero-order valence-electron chi connectivity index (χ0n) is 23.0. The van der Waals surface area contributed by atoms with Crippen LogP contribution in [-0.2, 0) is 36.8 Å². The number of sulfonamides is 1. The predicted octanol–water partition coefficient (Wildman–Crippen LogP) is 1.52. The smallest absolute Gasteiger partial charge is 0.264 e. The van der Waals surface area contributed by atoms with Gasteiger partial charge in [-0.2, -0.15) is 19.3 Å². The Hall–Kier alpha value is -3.72. The van der Waals surface area contributed by atoms with E-state index in [1.807, 2.05) is 19.1 Å². The number of nitrogens with zero attached hydrogens (tertiary/aromatic N) is 6.